The van der Waals surface area contributed by atoms with E-state index in [-0.39, 0.29) is 16.9 Å². The average molecular weight is 445 g/mol. The highest BCUT2D eigenvalue weighted by molar-refractivity contribution is 6.74. The first kappa shape index (κ1) is 22.4. The van der Waals surface area contributed by atoms with Gasteiger partial charge >= 0.3 is 0 Å². The molecule has 2 amide bonds. The largest absolute Gasteiger partial charge is 0.543 e. The van der Waals surface area contributed by atoms with Crippen LogP contribution in [-0.2, 0) is 6.42 Å². The van der Waals surface area contributed by atoms with Crippen molar-refractivity contribution in [2.75, 3.05) is 11.9 Å². The molecule has 30 heavy (non-hydrogen) atoms. The van der Waals surface area contributed by atoms with Gasteiger partial charge in [-0.25, -0.2) is 0 Å². The average Bonchev–Trinajstić information content (AvgIpc) is 2.94. The first-order valence-corrected chi connectivity index (χ1v) is 13.5. The summed E-state index contributed by atoms with van der Waals surface area (Å²) in [5.74, 6) is 0.132. The molecule has 2 N–H and O–H groups in total. The summed E-state index contributed by atoms with van der Waals surface area (Å²) in [4.78, 5) is 23.8. The van der Waals surface area contributed by atoms with Crippen LogP contribution in [0, 0.1) is 0 Å². The number of hydrogen-bond acceptors (Lipinski definition) is 4. The number of amides is 2. The maximum atomic E-state index is 12.0. The Labute approximate surface area is 184 Å². The maximum Gasteiger partial charge on any atom is 0.261 e. The zero-order chi connectivity index (χ0) is 22.1. The van der Waals surface area contributed by atoms with Crippen LogP contribution >= 0.6 is 11.6 Å². The standard InChI is InChI=1S/C23H29ClN2O3Si/c1-23(2,3)30(4,5)29-16-12-11-15(18(24)14-16)8-7-13-25-19-10-6-9-17-20(19)22(28)26-21(17)27/h6,9-12,14,25H,7-8,13H2,1-5H3,(H,26,27,28). The van der Waals surface area contributed by atoms with Crippen LogP contribution < -0.4 is 15.1 Å². The predicted molar refractivity (Wildman–Crippen MR) is 124 cm³/mol. The van der Waals surface area contributed by atoms with Gasteiger partial charge in [0, 0.05) is 17.3 Å². The van der Waals surface area contributed by atoms with Gasteiger partial charge in [-0.1, -0.05) is 44.5 Å². The lowest BCUT2D eigenvalue weighted by Gasteiger charge is -2.36. The summed E-state index contributed by atoms with van der Waals surface area (Å²) in [7, 11) is -1.90. The summed E-state index contributed by atoms with van der Waals surface area (Å²) < 4.78 is 6.32. The number of carbonyl (C=O) groups is 2. The van der Waals surface area contributed by atoms with Gasteiger partial charge < -0.3 is 9.74 Å². The molecule has 0 fully saturated rings. The van der Waals surface area contributed by atoms with Crippen LogP contribution in [0.2, 0.25) is 23.2 Å². The van der Waals surface area contributed by atoms with E-state index in [2.05, 4.69) is 44.5 Å². The molecule has 0 unspecified atom stereocenters. The van der Waals surface area contributed by atoms with Crippen LogP contribution in [0.1, 0.15) is 53.5 Å². The van der Waals surface area contributed by atoms with Gasteiger partial charge in [-0.3, -0.25) is 14.9 Å². The van der Waals surface area contributed by atoms with Crippen molar-refractivity contribution in [2.45, 2.75) is 51.7 Å². The Morgan fingerprint density at radius 3 is 2.50 bits per heavy atom. The molecule has 0 aromatic heterocycles. The third-order valence-corrected chi connectivity index (χ3v) is 10.6. The van der Waals surface area contributed by atoms with E-state index >= 15 is 0 Å². The molecule has 0 radical (unpaired) electrons. The number of benzene rings is 2. The van der Waals surface area contributed by atoms with Gasteiger partial charge in [0.2, 0.25) is 8.32 Å². The van der Waals surface area contributed by atoms with Gasteiger partial charge in [0.15, 0.2) is 0 Å². The Morgan fingerprint density at radius 1 is 1.10 bits per heavy atom. The van der Waals surface area contributed by atoms with Crippen molar-refractivity contribution in [1.29, 1.82) is 0 Å². The second-order valence-corrected chi connectivity index (χ2v) is 14.3. The van der Waals surface area contributed by atoms with E-state index in [4.69, 9.17) is 16.0 Å². The van der Waals surface area contributed by atoms with Crippen LogP contribution in [0.4, 0.5) is 5.69 Å². The number of hydrogen-bond donors (Lipinski definition) is 2. The summed E-state index contributed by atoms with van der Waals surface area (Å²) in [6.45, 7) is 11.7. The van der Waals surface area contributed by atoms with Gasteiger partial charge in [-0.2, -0.15) is 0 Å². The number of nitrogens with one attached hydrogen (secondary N) is 2. The summed E-state index contributed by atoms with van der Waals surface area (Å²) in [5, 5.41) is 6.44. The van der Waals surface area contributed by atoms with Gasteiger partial charge in [-0.05, 0) is 60.8 Å². The molecule has 5 nitrogen and oxygen atoms in total. The van der Waals surface area contributed by atoms with Gasteiger partial charge in [0.05, 0.1) is 11.1 Å². The fraction of sp³-hybridized carbons (Fsp3) is 0.391. The number of aryl methyl sites for hydroxylation is 1. The molecule has 0 aliphatic carbocycles. The van der Waals surface area contributed by atoms with Crippen molar-refractivity contribution in [3.63, 3.8) is 0 Å². The number of halogens is 1. The van der Waals surface area contributed by atoms with E-state index in [9.17, 15) is 9.59 Å². The van der Waals surface area contributed by atoms with E-state index < -0.39 is 8.32 Å². The lowest BCUT2D eigenvalue weighted by atomic mass is 10.1. The highest BCUT2D eigenvalue weighted by Gasteiger charge is 2.39. The molecular weight excluding hydrogens is 416 g/mol. The summed E-state index contributed by atoms with van der Waals surface area (Å²) in [5.41, 5.74) is 2.59. The Morgan fingerprint density at radius 2 is 1.83 bits per heavy atom. The second kappa shape index (κ2) is 8.44. The SMILES string of the molecule is CC(C)(C)[Si](C)(C)Oc1ccc(CCCNc2cccc3c2C(=O)NC3=O)c(Cl)c1. The second-order valence-electron chi connectivity index (χ2n) is 9.16. The van der Waals surface area contributed by atoms with Crippen molar-refractivity contribution in [3.8, 4) is 5.75 Å². The molecule has 0 saturated heterocycles. The number of fused-ring (bicyclic) bond motifs is 1. The first-order chi connectivity index (χ1) is 14.0. The maximum absolute atomic E-state index is 12.0. The summed E-state index contributed by atoms with van der Waals surface area (Å²) in [6, 6.07) is 11.2. The molecule has 0 atom stereocenters. The quantitative estimate of drug-likeness (QED) is 0.329. The number of rotatable bonds is 7. The molecule has 0 bridgehead atoms. The molecular formula is C23H29ClN2O3Si. The zero-order valence-electron chi connectivity index (χ0n) is 18.2. The van der Waals surface area contributed by atoms with Crippen molar-refractivity contribution in [3.05, 3.63) is 58.1 Å². The van der Waals surface area contributed by atoms with Crippen LogP contribution in [0.5, 0.6) is 5.75 Å². The Hall–Kier alpha value is -2.31. The summed E-state index contributed by atoms with van der Waals surface area (Å²) >= 11 is 6.50. The molecule has 2 aromatic rings. The van der Waals surface area contributed by atoms with Gasteiger partial charge in [0.1, 0.15) is 5.75 Å². The molecule has 1 aliphatic heterocycles. The van der Waals surface area contributed by atoms with Crippen LogP contribution in [0.25, 0.3) is 0 Å². The minimum Gasteiger partial charge on any atom is -0.543 e. The first-order valence-electron chi connectivity index (χ1n) is 10.2. The van der Waals surface area contributed by atoms with Gasteiger partial charge in [-0.15, -0.1) is 0 Å². The number of carbonyl (C=O) groups excluding carboxylic acids is 2. The Balaban J connectivity index is 1.58. The fourth-order valence-electron chi connectivity index (χ4n) is 3.11. The van der Waals surface area contributed by atoms with Crippen LogP contribution in [0.3, 0.4) is 0 Å². The van der Waals surface area contributed by atoms with Crippen molar-refractivity contribution >= 4 is 37.4 Å². The third kappa shape index (κ3) is 4.70. The predicted octanol–water partition coefficient (Wildman–Crippen LogP) is 5.65. The molecule has 160 valence electrons. The minimum absolute atomic E-state index is 0.128. The highest BCUT2D eigenvalue weighted by atomic mass is 35.5. The van der Waals surface area contributed by atoms with E-state index in [1.54, 1.807) is 12.1 Å². The van der Waals surface area contributed by atoms with Crippen molar-refractivity contribution in [1.82, 2.24) is 5.32 Å². The topological polar surface area (TPSA) is 67.4 Å². The molecule has 0 spiro atoms. The lowest BCUT2D eigenvalue weighted by molar-refractivity contribution is 0.0880. The molecule has 0 saturated carbocycles. The lowest BCUT2D eigenvalue weighted by Crippen LogP contribution is -2.43. The zero-order valence-corrected chi connectivity index (χ0v) is 19.9. The minimum atomic E-state index is -1.90. The van der Waals surface area contributed by atoms with Crippen molar-refractivity contribution < 1.29 is 14.0 Å². The third-order valence-electron chi connectivity index (χ3n) is 5.91. The van der Waals surface area contributed by atoms with Crippen molar-refractivity contribution in [2.24, 2.45) is 0 Å². The van der Waals surface area contributed by atoms with E-state index in [1.807, 2.05) is 24.3 Å². The Bertz CT molecular complexity index is 983. The molecule has 3 rings (SSSR count). The number of imide groups is 1. The van der Waals surface area contributed by atoms with E-state index in [0.29, 0.717) is 28.4 Å². The van der Waals surface area contributed by atoms with Crippen LogP contribution in [-0.4, -0.2) is 26.7 Å². The van der Waals surface area contributed by atoms with Crippen LogP contribution in [0.15, 0.2) is 36.4 Å². The normalized spacial score (nSPS) is 13.8. The van der Waals surface area contributed by atoms with E-state index in [1.165, 1.54) is 0 Å². The Kier molecular flexibility index (Phi) is 6.29. The molecule has 1 heterocycles. The monoisotopic (exact) mass is 444 g/mol. The number of anilines is 1. The molecule has 2 aromatic carbocycles. The summed E-state index contributed by atoms with van der Waals surface area (Å²) in [6.07, 6.45) is 1.63. The smallest absolute Gasteiger partial charge is 0.261 e. The fourth-order valence-corrected chi connectivity index (χ4v) is 4.40. The highest BCUT2D eigenvalue weighted by Crippen LogP contribution is 2.38. The molecule has 7 heteroatoms. The molecule has 1 aliphatic rings. The van der Waals surface area contributed by atoms with E-state index in [0.717, 1.165) is 24.2 Å². The van der Waals surface area contributed by atoms with Gasteiger partial charge in [0.25, 0.3) is 11.8 Å².